The number of hydrogen-bond donors (Lipinski definition) is 1. The van der Waals surface area contributed by atoms with E-state index in [9.17, 15) is 4.79 Å². The van der Waals surface area contributed by atoms with Gasteiger partial charge in [-0.2, -0.15) is 5.10 Å². The van der Waals surface area contributed by atoms with Crippen molar-refractivity contribution in [2.75, 3.05) is 18.5 Å². The van der Waals surface area contributed by atoms with E-state index < -0.39 is 0 Å². The highest BCUT2D eigenvalue weighted by Crippen LogP contribution is 2.17. The van der Waals surface area contributed by atoms with Crippen LogP contribution in [-0.4, -0.2) is 29.4 Å². The number of carbonyl (C=O) groups is 1. The lowest BCUT2D eigenvalue weighted by atomic mass is 10.3. The Morgan fingerprint density at radius 2 is 2.58 bits per heavy atom. The summed E-state index contributed by atoms with van der Waals surface area (Å²) in [4.78, 5) is 10.1. The summed E-state index contributed by atoms with van der Waals surface area (Å²) in [6.45, 7) is 1.42. The van der Waals surface area contributed by atoms with Crippen molar-refractivity contribution >= 4 is 12.1 Å². The van der Waals surface area contributed by atoms with Gasteiger partial charge in [-0.3, -0.25) is 9.48 Å². The number of carbonyl (C=O) groups excluding carboxylic acids is 1. The standard InChI is InChI=1S/C7H9N3O2/c11-5-8-6-1-9-10(2-6)7-3-12-4-7/h1-2,5,7H,3-4H2,(H,8,11). The summed E-state index contributed by atoms with van der Waals surface area (Å²) in [6, 6.07) is 0.340. The number of rotatable bonds is 3. The van der Waals surface area contributed by atoms with Crippen molar-refractivity contribution in [2.24, 2.45) is 0 Å². The van der Waals surface area contributed by atoms with Crippen LogP contribution in [0.2, 0.25) is 0 Å². The Bertz CT molecular complexity index is 280. The molecule has 0 radical (unpaired) electrons. The predicted molar refractivity (Wildman–Crippen MR) is 41.8 cm³/mol. The number of hydrogen-bond acceptors (Lipinski definition) is 3. The Hall–Kier alpha value is -1.36. The molecule has 12 heavy (non-hydrogen) atoms. The monoisotopic (exact) mass is 167 g/mol. The molecule has 1 aromatic rings. The summed E-state index contributed by atoms with van der Waals surface area (Å²) < 4.78 is 6.81. The molecule has 1 fully saturated rings. The van der Waals surface area contributed by atoms with Gasteiger partial charge in [0.25, 0.3) is 0 Å². The third-order valence-corrected chi connectivity index (χ3v) is 1.82. The summed E-state index contributed by atoms with van der Waals surface area (Å²) in [6.07, 6.45) is 4.05. The van der Waals surface area contributed by atoms with Crippen molar-refractivity contribution in [3.8, 4) is 0 Å². The molecule has 64 valence electrons. The smallest absolute Gasteiger partial charge is 0.211 e. The number of nitrogens with one attached hydrogen (secondary N) is 1. The Morgan fingerprint density at radius 3 is 3.17 bits per heavy atom. The van der Waals surface area contributed by atoms with Crippen molar-refractivity contribution in [1.29, 1.82) is 0 Å². The molecular weight excluding hydrogens is 158 g/mol. The van der Waals surface area contributed by atoms with Crippen LogP contribution < -0.4 is 5.32 Å². The lowest BCUT2D eigenvalue weighted by Crippen LogP contribution is -2.30. The summed E-state index contributed by atoms with van der Waals surface area (Å²) in [5.74, 6) is 0. The molecule has 1 amide bonds. The second-order valence-electron chi connectivity index (χ2n) is 2.66. The molecule has 0 unspecified atom stereocenters. The second kappa shape index (κ2) is 2.94. The zero-order valence-electron chi connectivity index (χ0n) is 6.43. The maximum atomic E-state index is 10.1. The maximum Gasteiger partial charge on any atom is 0.211 e. The molecule has 2 rings (SSSR count). The van der Waals surface area contributed by atoms with E-state index in [4.69, 9.17) is 4.74 Å². The molecule has 0 spiro atoms. The van der Waals surface area contributed by atoms with Crippen molar-refractivity contribution in [3.63, 3.8) is 0 Å². The van der Waals surface area contributed by atoms with Crippen LogP contribution in [0.4, 0.5) is 5.69 Å². The van der Waals surface area contributed by atoms with Crippen LogP contribution in [0.25, 0.3) is 0 Å². The van der Waals surface area contributed by atoms with Gasteiger partial charge in [-0.1, -0.05) is 0 Å². The molecule has 1 aliphatic rings. The molecule has 0 atom stereocenters. The van der Waals surface area contributed by atoms with Gasteiger partial charge >= 0.3 is 0 Å². The fourth-order valence-electron chi connectivity index (χ4n) is 1.06. The number of aromatic nitrogens is 2. The van der Waals surface area contributed by atoms with Crippen molar-refractivity contribution in [3.05, 3.63) is 12.4 Å². The third kappa shape index (κ3) is 1.18. The Morgan fingerprint density at radius 1 is 1.75 bits per heavy atom. The van der Waals surface area contributed by atoms with E-state index in [0.717, 1.165) is 5.69 Å². The maximum absolute atomic E-state index is 10.1. The van der Waals surface area contributed by atoms with Crippen molar-refractivity contribution in [2.45, 2.75) is 6.04 Å². The Labute approximate surface area is 69.3 Å². The summed E-state index contributed by atoms with van der Waals surface area (Å²) >= 11 is 0. The summed E-state index contributed by atoms with van der Waals surface area (Å²) in [5, 5.41) is 6.60. The van der Waals surface area contributed by atoms with Gasteiger partial charge in [0.2, 0.25) is 6.41 Å². The normalized spacial score (nSPS) is 17.0. The molecule has 5 heteroatoms. The number of ether oxygens (including phenoxy) is 1. The molecular formula is C7H9N3O2. The predicted octanol–water partition coefficient (Wildman–Crippen LogP) is 0.0227. The quantitative estimate of drug-likeness (QED) is 0.646. The highest BCUT2D eigenvalue weighted by Gasteiger charge is 2.20. The van der Waals surface area contributed by atoms with Crippen LogP contribution in [0.3, 0.4) is 0 Å². The number of nitrogens with zero attached hydrogens (tertiary/aromatic N) is 2. The molecule has 5 nitrogen and oxygen atoms in total. The lowest BCUT2D eigenvalue weighted by Gasteiger charge is -2.25. The number of anilines is 1. The zero-order chi connectivity index (χ0) is 8.39. The average molecular weight is 167 g/mol. The summed E-state index contributed by atoms with van der Waals surface area (Å²) in [7, 11) is 0. The second-order valence-corrected chi connectivity index (χ2v) is 2.66. The largest absolute Gasteiger partial charge is 0.377 e. The minimum Gasteiger partial charge on any atom is -0.377 e. The van der Waals surface area contributed by atoms with E-state index in [0.29, 0.717) is 25.7 Å². The van der Waals surface area contributed by atoms with E-state index in [1.807, 2.05) is 0 Å². The molecule has 0 aromatic carbocycles. The third-order valence-electron chi connectivity index (χ3n) is 1.82. The first-order chi connectivity index (χ1) is 5.90. The first kappa shape index (κ1) is 7.30. The highest BCUT2D eigenvalue weighted by molar-refractivity contribution is 5.69. The minimum atomic E-state index is 0.340. The van der Waals surface area contributed by atoms with Crippen LogP contribution in [0.1, 0.15) is 6.04 Å². The van der Waals surface area contributed by atoms with E-state index in [2.05, 4.69) is 10.4 Å². The van der Waals surface area contributed by atoms with Gasteiger partial charge in [0, 0.05) is 6.20 Å². The molecule has 1 aromatic heterocycles. The Balaban J connectivity index is 2.07. The molecule has 1 aliphatic heterocycles. The molecule has 2 heterocycles. The van der Waals surface area contributed by atoms with Crippen LogP contribution in [0, 0.1) is 0 Å². The summed E-state index contributed by atoms with van der Waals surface area (Å²) in [5.41, 5.74) is 0.719. The van der Waals surface area contributed by atoms with Gasteiger partial charge in [0.05, 0.1) is 31.1 Å². The molecule has 0 aliphatic carbocycles. The van der Waals surface area contributed by atoms with Crippen molar-refractivity contribution in [1.82, 2.24) is 9.78 Å². The highest BCUT2D eigenvalue weighted by atomic mass is 16.5. The van der Waals surface area contributed by atoms with Crippen LogP contribution in [0.15, 0.2) is 12.4 Å². The van der Waals surface area contributed by atoms with E-state index >= 15 is 0 Å². The van der Waals surface area contributed by atoms with E-state index in [1.54, 1.807) is 17.1 Å². The van der Waals surface area contributed by atoms with Gasteiger partial charge in [0.1, 0.15) is 0 Å². The molecule has 1 N–H and O–H groups in total. The minimum absolute atomic E-state index is 0.340. The van der Waals surface area contributed by atoms with Crippen LogP contribution in [-0.2, 0) is 9.53 Å². The Kier molecular flexibility index (Phi) is 1.79. The molecule has 0 bridgehead atoms. The van der Waals surface area contributed by atoms with E-state index in [1.165, 1.54) is 0 Å². The molecule has 0 saturated carbocycles. The topological polar surface area (TPSA) is 56.2 Å². The number of amides is 1. The fraction of sp³-hybridized carbons (Fsp3) is 0.429. The first-order valence-electron chi connectivity index (χ1n) is 3.72. The van der Waals surface area contributed by atoms with Crippen LogP contribution >= 0.6 is 0 Å². The fourth-order valence-corrected chi connectivity index (χ4v) is 1.06. The zero-order valence-corrected chi connectivity index (χ0v) is 6.43. The average Bonchev–Trinajstić information content (AvgIpc) is 2.34. The lowest BCUT2D eigenvalue weighted by molar-refractivity contribution is -0.105. The molecule has 1 saturated heterocycles. The van der Waals surface area contributed by atoms with Gasteiger partial charge in [-0.05, 0) is 0 Å². The van der Waals surface area contributed by atoms with Crippen molar-refractivity contribution < 1.29 is 9.53 Å². The van der Waals surface area contributed by atoms with Gasteiger partial charge < -0.3 is 10.1 Å². The first-order valence-corrected chi connectivity index (χ1v) is 3.72. The van der Waals surface area contributed by atoms with Crippen LogP contribution in [0.5, 0.6) is 0 Å². The SMILES string of the molecule is O=CNc1cnn(C2COC2)c1. The van der Waals surface area contributed by atoms with E-state index in [-0.39, 0.29) is 0 Å². The van der Waals surface area contributed by atoms with Gasteiger partial charge in [-0.25, -0.2) is 0 Å². The van der Waals surface area contributed by atoms with Gasteiger partial charge in [-0.15, -0.1) is 0 Å². The van der Waals surface area contributed by atoms with Gasteiger partial charge in [0.15, 0.2) is 0 Å².